The molecule has 1 aromatic heterocycles. The molecule has 7 heteroatoms. The Morgan fingerprint density at radius 2 is 1.65 bits per heavy atom. The van der Waals surface area contributed by atoms with E-state index in [9.17, 15) is 9.59 Å². The zero-order valence-electron chi connectivity index (χ0n) is 13.9. The fourth-order valence-electron chi connectivity index (χ4n) is 2.19. The fraction of sp³-hybridized carbons (Fsp3) is 0.158. The van der Waals surface area contributed by atoms with Crippen LogP contribution in [0, 0.1) is 0 Å². The Hall–Kier alpha value is -3.48. The topological polar surface area (TPSA) is 94.3 Å². The first-order valence-electron chi connectivity index (χ1n) is 8.09. The summed E-state index contributed by atoms with van der Waals surface area (Å²) in [5.74, 6) is -0.113. The van der Waals surface area contributed by atoms with Gasteiger partial charge in [-0.1, -0.05) is 36.4 Å². The first kappa shape index (κ1) is 17.3. The van der Waals surface area contributed by atoms with Gasteiger partial charge in [0.05, 0.1) is 6.42 Å². The van der Waals surface area contributed by atoms with Crippen LogP contribution in [0.4, 0.5) is 0 Å². The van der Waals surface area contributed by atoms with Crippen molar-refractivity contribution >= 4 is 11.9 Å². The van der Waals surface area contributed by atoms with Crippen LogP contribution >= 0.6 is 0 Å². The van der Waals surface area contributed by atoms with E-state index in [1.807, 2.05) is 36.4 Å². The predicted molar refractivity (Wildman–Crippen MR) is 92.9 cm³/mol. The number of carbonyl (C=O) groups is 2. The van der Waals surface area contributed by atoms with E-state index in [0.29, 0.717) is 11.5 Å². The molecule has 0 radical (unpaired) electrons. The van der Waals surface area contributed by atoms with Gasteiger partial charge in [0.2, 0.25) is 5.89 Å². The molecule has 0 spiro atoms. The van der Waals surface area contributed by atoms with Crippen molar-refractivity contribution in [1.29, 1.82) is 0 Å². The summed E-state index contributed by atoms with van der Waals surface area (Å²) in [6.07, 6.45) is 0.0538. The lowest BCUT2D eigenvalue weighted by atomic mass is 10.2. The van der Waals surface area contributed by atoms with Crippen LogP contribution in [-0.2, 0) is 16.1 Å². The van der Waals surface area contributed by atoms with E-state index in [4.69, 9.17) is 9.15 Å². The van der Waals surface area contributed by atoms with Crippen LogP contribution in [0.1, 0.15) is 22.7 Å². The minimum absolute atomic E-state index is 0.0538. The number of aromatic nitrogens is 2. The van der Waals surface area contributed by atoms with Gasteiger partial charge in [-0.25, -0.2) is 0 Å². The van der Waals surface area contributed by atoms with E-state index in [1.165, 1.54) is 0 Å². The molecular weight excluding hydrogens is 334 g/mol. The number of hydrogen-bond donors (Lipinski definition) is 1. The van der Waals surface area contributed by atoms with Crippen molar-refractivity contribution < 1.29 is 18.7 Å². The summed E-state index contributed by atoms with van der Waals surface area (Å²) in [4.78, 5) is 23.6. The minimum atomic E-state index is -0.460. The average molecular weight is 351 g/mol. The summed E-state index contributed by atoms with van der Waals surface area (Å²) in [6, 6.07) is 18.1. The van der Waals surface area contributed by atoms with Gasteiger partial charge in [-0.15, -0.1) is 10.2 Å². The second-order valence-corrected chi connectivity index (χ2v) is 5.40. The fourth-order valence-corrected chi connectivity index (χ4v) is 2.19. The number of esters is 1. The van der Waals surface area contributed by atoms with Crippen molar-refractivity contribution in [3.8, 4) is 11.5 Å². The van der Waals surface area contributed by atoms with Gasteiger partial charge in [0.1, 0.15) is 0 Å². The molecule has 1 N–H and O–H groups in total. The summed E-state index contributed by atoms with van der Waals surface area (Å²) >= 11 is 0. The Balaban J connectivity index is 1.41. The Morgan fingerprint density at radius 3 is 2.38 bits per heavy atom. The Labute approximate surface area is 150 Å². The molecule has 1 amide bonds. The zero-order valence-corrected chi connectivity index (χ0v) is 13.9. The van der Waals surface area contributed by atoms with E-state index in [2.05, 4.69) is 15.5 Å². The number of hydrogen-bond acceptors (Lipinski definition) is 6. The molecule has 0 atom stereocenters. The number of carbonyl (C=O) groups excluding carboxylic acids is 2. The Kier molecular flexibility index (Phi) is 5.72. The van der Waals surface area contributed by atoms with Crippen molar-refractivity contribution in [2.75, 3.05) is 6.54 Å². The maximum atomic E-state index is 11.8. The van der Waals surface area contributed by atoms with Gasteiger partial charge in [0.15, 0.2) is 6.61 Å². The molecule has 3 aromatic rings. The highest BCUT2D eigenvalue weighted by molar-refractivity contribution is 5.94. The van der Waals surface area contributed by atoms with Crippen molar-refractivity contribution in [3.63, 3.8) is 0 Å². The number of rotatable bonds is 7. The maximum Gasteiger partial charge on any atom is 0.308 e. The summed E-state index contributed by atoms with van der Waals surface area (Å²) in [7, 11) is 0. The lowest BCUT2D eigenvalue weighted by molar-refractivity contribution is -0.145. The van der Waals surface area contributed by atoms with Gasteiger partial charge in [0, 0.05) is 17.7 Å². The van der Waals surface area contributed by atoms with Gasteiger partial charge in [-0.3, -0.25) is 9.59 Å². The number of benzene rings is 2. The zero-order chi connectivity index (χ0) is 18.2. The molecule has 0 fully saturated rings. The highest BCUT2D eigenvalue weighted by atomic mass is 16.5. The number of nitrogens with one attached hydrogen (secondary N) is 1. The molecule has 0 aliphatic carbocycles. The molecule has 1 heterocycles. The largest absolute Gasteiger partial charge is 0.456 e. The molecule has 0 aliphatic rings. The molecule has 7 nitrogen and oxygen atoms in total. The van der Waals surface area contributed by atoms with Gasteiger partial charge in [0.25, 0.3) is 11.8 Å². The van der Waals surface area contributed by atoms with E-state index >= 15 is 0 Å². The number of ether oxygens (including phenoxy) is 1. The van der Waals surface area contributed by atoms with Crippen LogP contribution in [0.3, 0.4) is 0 Å². The second-order valence-electron chi connectivity index (χ2n) is 5.40. The highest BCUT2D eigenvalue weighted by Gasteiger charge is 2.11. The summed E-state index contributed by atoms with van der Waals surface area (Å²) in [6.45, 7) is 0.0803. The van der Waals surface area contributed by atoms with Crippen LogP contribution in [0.15, 0.2) is 65.1 Å². The average Bonchev–Trinajstić information content (AvgIpc) is 3.17. The molecule has 0 saturated heterocycles. The quantitative estimate of drug-likeness (QED) is 0.658. The van der Waals surface area contributed by atoms with Crippen LogP contribution in [-0.4, -0.2) is 28.6 Å². The molecule has 26 heavy (non-hydrogen) atoms. The molecule has 2 aromatic carbocycles. The van der Waals surface area contributed by atoms with Crippen LogP contribution < -0.4 is 5.32 Å². The highest BCUT2D eigenvalue weighted by Crippen LogP contribution is 2.17. The van der Waals surface area contributed by atoms with Crippen LogP contribution in [0.25, 0.3) is 11.5 Å². The third-order valence-corrected chi connectivity index (χ3v) is 3.49. The number of nitrogens with zero attached hydrogens (tertiary/aromatic N) is 2. The second kappa shape index (κ2) is 8.57. The summed E-state index contributed by atoms with van der Waals surface area (Å²) in [5.41, 5.74) is 1.33. The van der Waals surface area contributed by atoms with Gasteiger partial charge < -0.3 is 14.5 Å². The number of amides is 1. The van der Waals surface area contributed by atoms with Crippen LogP contribution in [0.2, 0.25) is 0 Å². The van der Waals surface area contributed by atoms with E-state index < -0.39 is 5.97 Å². The lowest BCUT2D eigenvalue weighted by Gasteiger charge is -2.05. The lowest BCUT2D eigenvalue weighted by Crippen LogP contribution is -2.26. The molecule has 0 unspecified atom stereocenters. The molecular formula is C19H17N3O4. The molecule has 132 valence electrons. The van der Waals surface area contributed by atoms with Gasteiger partial charge in [-0.2, -0.15) is 0 Å². The third kappa shape index (κ3) is 4.76. The smallest absolute Gasteiger partial charge is 0.308 e. The SMILES string of the molecule is O=C(CCNC(=O)c1ccccc1)OCc1nnc(-c2ccccc2)o1. The Bertz CT molecular complexity index is 863. The summed E-state index contributed by atoms with van der Waals surface area (Å²) < 4.78 is 10.5. The standard InChI is InChI=1S/C19H17N3O4/c23-17(11-12-20-18(24)14-7-3-1-4-8-14)25-13-16-21-22-19(26-16)15-9-5-2-6-10-15/h1-10H,11-13H2,(H,20,24). The molecule has 0 aliphatic heterocycles. The molecule has 0 saturated carbocycles. The van der Waals surface area contributed by atoms with Gasteiger partial charge >= 0.3 is 5.97 Å². The van der Waals surface area contributed by atoms with E-state index in [-0.39, 0.29) is 31.4 Å². The van der Waals surface area contributed by atoms with Crippen molar-refractivity contribution in [2.24, 2.45) is 0 Å². The van der Waals surface area contributed by atoms with Crippen molar-refractivity contribution in [2.45, 2.75) is 13.0 Å². The predicted octanol–water partition coefficient (Wildman–Crippen LogP) is 2.60. The third-order valence-electron chi connectivity index (χ3n) is 3.49. The normalized spacial score (nSPS) is 10.3. The monoisotopic (exact) mass is 351 g/mol. The maximum absolute atomic E-state index is 11.8. The Morgan fingerprint density at radius 1 is 0.962 bits per heavy atom. The van der Waals surface area contributed by atoms with Crippen molar-refractivity contribution in [1.82, 2.24) is 15.5 Å². The van der Waals surface area contributed by atoms with E-state index in [0.717, 1.165) is 5.56 Å². The van der Waals surface area contributed by atoms with E-state index in [1.54, 1.807) is 24.3 Å². The van der Waals surface area contributed by atoms with Crippen molar-refractivity contribution in [3.05, 3.63) is 72.1 Å². The molecule has 3 rings (SSSR count). The molecule has 0 bridgehead atoms. The summed E-state index contributed by atoms with van der Waals surface area (Å²) in [5, 5.41) is 10.4. The van der Waals surface area contributed by atoms with Gasteiger partial charge in [-0.05, 0) is 24.3 Å². The minimum Gasteiger partial charge on any atom is -0.456 e. The first-order chi connectivity index (χ1) is 12.7. The first-order valence-corrected chi connectivity index (χ1v) is 8.09. The van der Waals surface area contributed by atoms with Crippen LogP contribution in [0.5, 0.6) is 0 Å².